The molecule has 0 bridgehead atoms. The zero-order chi connectivity index (χ0) is 18.1. The van der Waals surface area contributed by atoms with Gasteiger partial charge in [-0.25, -0.2) is 0 Å². The molecule has 0 spiro atoms. The Bertz CT molecular complexity index is 884. The average Bonchev–Trinajstić information content (AvgIpc) is 3.04. The molecule has 0 atom stereocenters. The summed E-state index contributed by atoms with van der Waals surface area (Å²) in [7, 11) is 0. The smallest absolute Gasteiger partial charge is 0.347 e. The number of fused-ring (bicyclic) bond motifs is 1. The quantitative estimate of drug-likeness (QED) is 0.492. The van der Waals surface area contributed by atoms with Crippen molar-refractivity contribution >= 4 is 10.9 Å². The molecule has 4 heteroatoms. The number of nitrogens with zero attached hydrogens (tertiary/aromatic N) is 1. The molecule has 0 saturated heterocycles. The minimum absolute atomic E-state index is 0.618. The van der Waals surface area contributed by atoms with Crippen LogP contribution in [-0.4, -0.2) is 4.57 Å². The van der Waals surface area contributed by atoms with Crippen LogP contribution in [0.1, 0.15) is 37.7 Å². The molecule has 1 heterocycles. The van der Waals surface area contributed by atoms with Crippen molar-refractivity contribution in [2.24, 2.45) is 5.92 Å². The predicted octanol–water partition coefficient (Wildman–Crippen LogP) is 6.71. The van der Waals surface area contributed by atoms with E-state index >= 15 is 0 Å². The normalized spacial score (nSPS) is 16.3. The van der Waals surface area contributed by atoms with Crippen molar-refractivity contribution in [3.05, 3.63) is 60.3 Å². The van der Waals surface area contributed by atoms with Crippen LogP contribution < -0.4 is 0 Å². The molecule has 0 N–H and O–H groups in total. The van der Waals surface area contributed by atoms with Gasteiger partial charge in [0.25, 0.3) is 0 Å². The van der Waals surface area contributed by atoms with Gasteiger partial charge < -0.3 is 4.57 Å². The van der Waals surface area contributed by atoms with Gasteiger partial charge in [-0.15, -0.1) is 0 Å². The second kappa shape index (κ2) is 6.82. The van der Waals surface area contributed by atoms with Gasteiger partial charge >= 0.3 is 6.18 Å². The highest BCUT2D eigenvalue weighted by atomic mass is 19.4. The van der Waals surface area contributed by atoms with E-state index in [2.05, 4.69) is 16.7 Å². The van der Waals surface area contributed by atoms with Crippen LogP contribution in [0.15, 0.2) is 48.7 Å². The largest absolute Gasteiger partial charge is 0.416 e. The highest BCUT2D eigenvalue weighted by Gasteiger charge is 2.29. The molecule has 1 aliphatic carbocycles. The van der Waals surface area contributed by atoms with Crippen LogP contribution in [0.25, 0.3) is 22.0 Å². The lowest BCUT2D eigenvalue weighted by atomic mass is 9.89. The van der Waals surface area contributed by atoms with Crippen LogP contribution in [0.5, 0.6) is 0 Å². The van der Waals surface area contributed by atoms with E-state index in [0.717, 1.165) is 46.6 Å². The molecule has 26 heavy (non-hydrogen) atoms. The highest BCUT2D eigenvalue weighted by molar-refractivity contribution is 5.85. The molecule has 4 rings (SSSR count). The SMILES string of the molecule is FC(F)(F)c1ccc(-c2ccc3c([c]cn3CC3CCCCC3)c2)cc1. The third-order valence-electron chi connectivity index (χ3n) is 5.41. The fourth-order valence-corrected chi connectivity index (χ4v) is 3.95. The number of hydrogen-bond acceptors (Lipinski definition) is 0. The Morgan fingerprint density at radius 1 is 0.923 bits per heavy atom. The van der Waals surface area contributed by atoms with Gasteiger partial charge in [0.2, 0.25) is 0 Å². The Kier molecular flexibility index (Phi) is 4.51. The summed E-state index contributed by atoms with van der Waals surface area (Å²) in [5.41, 5.74) is 2.23. The minimum Gasteiger partial charge on any atom is -0.347 e. The molecule has 0 unspecified atom stereocenters. The van der Waals surface area contributed by atoms with E-state index in [1.165, 1.54) is 44.2 Å². The van der Waals surface area contributed by atoms with Crippen LogP contribution in [0, 0.1) is 12.0 Å². The summed E-state index contributed by atoms with van der Waals surface area (Å²) in [5, 5.41) is 1.01. The lowest BCUT2D eigenvalue weighted by Crippen LogP contribution is -2.13. The van der Waals surface area contributed by atoms with Crippen molar-refractivity contribution in [2.45, 2.75) is 44.8 Å². The van der Waals surface area contributed by atoms with Gasteiger partial charge in [-0.1, -0.05) is 37.5 Å². The third-order valence-corrected chi connectivity index (χ3v) is 5.41. The maximum atomic E-state index is 12.7. The first-order chi connectivity index (χ1) is 12.5. The van der Waals surface area contributed by atoms with E-state index in [9.17, 15) is 13.2 Å². The molecular formula is C22H21F3N. The number of aromatic nitrogens is 1. The van der Waals surface area contributed by atoms with Crippen molar-refractivity contribution in [1.29, 1.82) is 0 Å². The van der Waals surface area contributed by atoms with Crippen LogP contribution in [-0.2, 0) is 12.7 Å². The van der Waals surface area contributed by atoms with E-state index in [0.29, 0.717) is 0 Å². The van der Waals surface area contributed by atoms with E-state index in [4.69, 9.17) is 0 Å². The topological polar surface area (TPSA) is 4.93 Å². The van der Waals surface area contributed by atoms with E-state index < -0.39 is 11.7 Å². The summed E-state index contributed by atoms with van der Waals surface area (Å²) < 4.78 is 40.4. The van der Waals surface area contributed by atoms with Crippen LogP contribution in [0.4, 0.5) is 13.2 Å². The van der Waals surface area contributed by atoms with E-state index in [1.54, 1.807) is 0 Å². The van der Waals surface area contributed by atoms with Crippen molar-refractivity contribution < 1.29 is 13.2 Å². The number of alkyl halides is 3. The zero-order valence-corrected chi connectivity index (χ0v) is 14.5. The van der Waals surface area contributed by atoms with Crippen molar-refractivity contribution in [3.8, 4) is 11.1 Å². The Labute approximate surface area is 151 Å². The number of benzene rings is 2. The summed E-state index contributed by atoms with van der Waals surface area (Å²) in [6.07, 6.45) is 4.30. The first kappa shape index (κ1) is 17.2. The lowest BCUT2D eigenvalue weighted by molar-refractivity contribution is -0.137. The monoisotopic (exact) mass is 356 g/mol. The Balaban J connectivity index is 1.58. The summed E-state index contributed by atoms with van der Waals surface area (Å²) in [5.74, 6) is 0.738. The summed E-state index contributed by atoms with van der Waals surface area (Å²) in [6, 6.07) is 14.7. The lowest BCUT2D eigenvalue weighted by Gasteiger charge is -2.22. The third kappa shape index (κ3) is 3.50. The molecule has 135 valence electrons. The number of hydrogen-bond donors (Lipinski definition) is 0. The van der Waals surface area contributed by atoms with Crippen molar-refractivity contribution in [2.75, 3.05) is 0 Å². The first-order valence-electron chi connectivity index (χ1n) is 9.19. The van der Waals surface area contributed by atoms with Gasteiger partial charge in [0, 0.05) is 29.7 Å². The first-order valence-corrected chi connectivity index (χ1v) is 9.19. The van der Waals surface area contributed by atoms with E-state index in [1.807, 2.05) is 18.3 Å². The molecule has 1 fully saturated rings. The van der Waals surface area contributed by atoms with Gasteiger partial charge in [-0.3, -0.25) is 0 Å². The van der Waals surface area contributed by atoms with Gasteiger partial charge in [0.15, 0.2) is 0 Å². The highest BCUT2D eigenvalue weighted by Crippen LogP contribution is 2.32. The van der Waals surface area contributed by atoms with Gasteiger partial charge in [0.05, 0.1) is 5.56 Å². The summed E-state index contributed by atoms with van der Waals surface area (Å²) in [4.78, 5) is 0. The molecule has 2 aromatic carbocycles. The van der Waals surface area contributed by atoms with Crippen LogP contribution >= 0.6 is 0 Å². The number of rotatable bonds is 3. The Morgan fingerprint density at radius 2 is 1.62 bits per heavy atom. The Hall–Kier alpha value is -2.23. The zero-order valence-electron chi connectivity index (χ0n) is 14.5. The summed E-state index contributed by atoms with van der Waals surface area (Å²) >= 11 is 0. The molecule has 1 aromatic heterocycles. The van der Waals surface area contributed by atoms with Gasteiger partial charge in [-0.2, -0.15) is 13.2 Å². The van der Waals surface area contributed by atoms with Crippen molar-refractivity contribution in [3.63, 3.8) is 0 Å². The molecule has 1 saturated carbocycles. The molecule has 1 nitrogen and oxygen atoms in total. The van der Waals surface area contributed by atoms with Gasteiger partial charge in [-0.05, 0) is 54.2 Å². The molecule has 1 radical (unpaired) electrons. The molecule has 1 aliphatic rings. The second-order valence-corrected chi connectivity index (χ2v) is 7.24. The molecule has 0 aliphatic heterocycles. The number of halogens is 3. The molecule has 3 aromatic rings. The Morgan fingerprint density at radius 3 is 2.31 bits per heavy atom. The maximum Gasteiger partial charge on any atom is 0.416 e. The predicted molar refractivity (Wildman–Crippen MR) is 97.8 cm³/mol. The minimum atomic E-state index is -4.30. The van der Waals surface area contributed by atoms with Crippen LogP contribution in [0.2, 0.25) is 0 Å². The fraction of sp³-hybridized carbons (Fsp3) is 0.364. The fourth-order valence-electron chi connectivity index (χ4n) is 3.95. The molecule has 0 amide bonds. The van der Waals surface area contributed by atoms with Gasteiger partial charge in [0.1, 0.15) is 0 Å². The maximum absolute atomic E-state index is 12.7. The second-order valence-electron chi connectivity index (χ2n) is 7.24. The van der Waals surface area contributed by atoms with E-state index in [-0.39, 0.29) is 0 Å². The van der Waals surface area contributed by atoms with Crippen molar-refractivity contribution in [1.82, 2.24) is 4.57 Å². The molecular weight excluding hydrogens is 335 g/mol. The average molecular weight is 356 g/mol. The standard InChI is InChI=1S/C22H21F3N/c23-22(24,25)20-9-6-17(7-10-20)18-8-11-21-19(14-18)12-13-26(21)15-16-4-2-1-3-5-16/h6-11,13-14,16H,1-5,15H2. The summed E-state index contributed by atoms with van der Waals surface area (Å²) in [6.45, 7) is 1.03. The van der Waals surface area contributed by atoms with Crippen LogP contribution in [0.3, 0.4) is 0 Å².